The first-order valence-electron chi connectivity index (χ1n) is 5.69. The fourth-order valence-electron chi connectivity index (χ4n) is 1.97. The lowest BCUT2D eigenvalue weighted by molar-refractivity contribution is 1.10. The van der Waals surface area contributed by atoms with Crippen LogP contribution in [0, 0.1) is 6.92 Å². The monoisotopic (exact) mass is 236 g/mol. The lowest BCUT2D eigenvalue weighted by Gasteiger charge is -2.05. The van der Waals surface area contributed by atoms with E-state index in [4.69, 9.17) is 5.73 Å². The number of fused-ring (bicyclic) bond motifs is 1. The molecule has 0 atom stereocenters. The summed E-state index contributed by atoms with van der Waals surface area (Å²) in [4.78, 5) is 12.9. The van der Waals surface area contributed by atoms with Crippen LogP contribution in [0.3, 0.4) is 0 Å². The highest BCUT2D eigenvalue weighted by molar-refractivity contribution is 5.91. The Labute approximate surface area is 105 Å². The Bertz CT molecular complexity index is 708. The third-order valence-electron chi connectivity index (χ3n) is 2.80. The lowest BCUT2D eigenvalue weighted by Crippen LogP contribution is -1.97. The van der Waals surface area contributed by atoms with Crippen LogP contribution in [0.1, 0.15) is 5.82 Å². The van der Waals surface area contributed by atoms with Gasteiger partial charge >= 0.3 is 0 Å². The molecule has 88 valence electrons. The first-order valence-corrected chi connectivity index (χ1v) is 5.69. The Morgan fingerprint density at radius 3 is 2.72 bits per heavy atom. The Hall–Kier alpha value is -2.49. The van der Waals surface area contributed by atoms with Gasteiger partial charge in [0, 0.05) is 17.1 Å². The summed E-state index contributed by atoms with van der Waals surface area (Å²) in [6.07, 6.45) is 1.77. The van der Waals surface area contributed by atoms with Gasteiger partial charge in [-0.1, -0.05) is 12.1 Å². The van der Waals surface area contributed by atoms with Crippen LogP contribution in [0.2, 0.25) is 0 Å². The zero-order valence-corrected chi connectivity index (χ0v) is 9.96. The van der Waals surface area contributed by atoms with E-state index in [0.29, 0.717) is 11.6 Å². The van der Waals surface area contributed by atoms with Crippen molar-refractivity contribution in [2.75, 3.05) is 5.73 Å². The molecule has 1 aromatic carbocycles. The second kappa shape index (κ2) is 4.07. The van der Waals surface area contributed by atoms with Gasteiger partial charge in [0.15, 0.2) is 0 Å². The van der Waals surface area contributed by atoms with Crippen LogP contribution >= 0.6 is 0 Å². The van der Waals surface area contributed by atoms with Crippen molar-refractivity contribution < 1.29 is 0 Å². The van der Waals surface area contributed by atoms with E-state index in [1.165, 1.54) is 0 Å². The normalized spacial score (nSPS) is 10.7. The fourth-order valence-corrected chi connectivity index (χ4v) is 1.97. The molecule has 0 aliphatic carbocycles. The SMILES string of the molecule is Cc1nc(N)c2cc(-c3ccccn3)ccc2n1. The Morgan fingerprint density at radius 2 is 1.94 bits per heavy atom. The van der Waals surface area contributed by atoms with Crippen LogP contribution in [-0.4, -0.2) is 15.0 Å². The molecule has 0 spiro atoms. The maximum Gasteiger partial charge on any atom is 0.135 e. The summed E-state index contributed by atoms with van der Waals surface area (Å²) in [6.45, 7) is 1.84. The second-order valence-electron chi connectivity index (χ2n) is 4.10. The molecule has 0 saturated carbocycles. The molecule has 4 heteroatoms. The first-order chi connectivity index (χ1) is 8.74. The number of nitrogens with zero attached hydrogens (tertiary/aromatic N) is 3. The van der Waals surface area contributed by atoms with Crippen LogP contribution in [-0.2, 0) is 0 Å². The number of nitrogen functional groups attached to an aromatic ring is 1. The number of hydrogen-bond acceptors (Lipinski definition) is 4. The van der Waals surface area contributed by atoms with E-state index < -0.39 is 0 Å². The molecule has 0 radical (unpaired) electrons. The van der Waals surface area contributed by atoms with Gasteiger partial charge in [-0.25, -0.2) is 9.97 Å². The predicted molar refractivity (Wildman–Crippen MR) is 71.9 cm³/mol. The third-order valence-corrected chi connectivity index (χ3v) is 2.80. The van der Waals surface area contributed by atoms with Crippen LogP contribution < -0.4 is 5.73 Å². The number of hydrogen-bond donors (Lipinski definition) is 1. The summed E-state index contributed by atoms with van der Waals surface area (Å²) in [5.41, 5.74) is 8.73. The third kappa shape index (κ3) is 1.78. The average Bonchev–Trinajstić information content (AvgIpc) is 2.39. The zero-order valence-electron chi connectivity index (χ0n) is 9.96. The number of pyridine rings is 1. The molecule has 0 aliphatic heterocycles. The topological polar surface area (TPSA) is 64.7 Å². The van der Waals surface area contributed by atoms with Gasteiger partial charge in [0.1, 0.15) is 11.6 Å². The van der Waals surface area contributed by atoms with Crippen molar-refractivity contribution in [2.45, 2.75) is 6.92 Å². The van der Waals surface area contributed by atoms with Gasteiger partial charge in [-0.2, -0.15) is 0 Å². The highest BCUT2D eigenvalue weighted by Gasteiger charge is 2.05. The molecule has 2 N–H and O–H groups in total. The van der Waals surface area contributed by atoms with Crippen LogP contribution in [0.5, 0.6) is 0 Å². The molecule has 0 fully saturated rings. The number of anilines is 1. The molecule has 4 nitrogen and oxygen atoms in total. The van der Waals surface area contributed by atoms with Crippen molar-refractivity contribution >= 4 is 16.7 Å². The number of benzene rings is 1. The molecule has 2 aromatic heterocycles. The van der Waals surface area contributed by atoms with Crippen molar-refractivity contribution in [2.24, 2.45) is 0 Å². The van der Waals surface area contributed by atoms with E-state index in [9.17, 15) is 0 Å². The van der Waals surface area contributed by atoms with Crippen LogP contribution in [0.15, 0.2) is 42.6 Å². The van der Waals surface area contributed by atoms with Crippen molar-refractivity contribution in [3.05, 3.63) is 48.4 Å². The predicted octanol–water partition coefficient (Wildman–Crippen LogP) is 2.58. The maximum atomic E-state index is 5.93. The molecule has 0 aliphatic rings. The van der Waals surface area contributed by atoms with E-state index in [-0.39, 0.29) is 0 Å². The molecule has 0 saturated heterocycles. The average molecular weight is 236 g/mol. The van der Waals surface area contributed by atoms with Crippen LogP contribution in [0.4, 0.5) is 5.82 Å². The fraction of sp³-hybridized carbons (Fsp3) is 0.0714. The van der Waals surface area contributed by atoms with E-state index in [0.717, 1.165) is 22.2 Å². The number of aromatic nitrogens is 3. The standard InChI is InChI=1S/C14H12N4/c1-9-17-13-6-5-10(8-11(13)14(15)18-9)12-4-2-3-7-16-12/h2-8H,1H3,(H2,15,17,18). The maximum absolute atomic E-state index is 5.93. The summed E-state index contributed by atoms with van der Waals surface area (Å²) in [6, 6.07) is 11.7. The minimum atomic E-state index is 0.510. The summed E-state index contributed by atoms with van der Waals surface area (Å²) in [7, 11) is 0. The largest absolute Gasteiger partial charge is 0.383 e. The van der Waals surface area contributed by atoms with E-state index >= 15 is 0 Å². The Kier molecular flexibility index (Phi) is 2.41. The molecule has 3 rings (SSSR count). The van der Waals surface area contributed by atoms with Crippen molar-refractivity contribution in [3.63, 3.8) is 0 Å². The van der Waals surface area contributed by atoms with Gasteiger partial charge < -0.3 is 5.73 Å². The number of nitrogens with two attached hydrogens (primary N) is 1. The van der Waals surface area contributed by atoms with Gasteiger partial charge in [-0.15, -0.1) is 0 Å². The smallest absolute Gasteiger partial charge is 0.135 e. The van der Waals surface area contributed by atoms with Crippen molar-refractivity contribution in [1.82, 2.24) is 15.0 Å². The number of aryl methyl sites for hydroxylation is 1. The van der Waals surface area contributed by atoms with Crippen molar-refractivity contribution in [1.29, 1.82) is 0 Å². The highest BCUT2D eigenvalue weighted by Crippen LogP contribution is 2.24. The lowest BCUT2D eigenvalue weighted by atomic mass is 10.1. The van der Waals surface area contributed by atoms with E-state index in [2.05, 4.69) is 15.0 Å². The van der Waals surface area contributed by atoms with Gasteiger partial charge in [-0.3, -0.25) is 4.98 Å². The summed E-state index contributed by atoms with van der Waals surface area (Å²) < 4.78 is 0. The highest BCUT2D eigenvalue weighted by atomic mass is 14.9. The molecule has 3 aromatic rings. The first kappa shape index (κ1) is 10.7. The minimum Gasteiger partial charge on any atom is -0.383 e. The molecular weight excluding hydrogens is 224 g/mol. The molecule has 0 unspecified atom stereocenters. The van der Waals surface area contributed by atoms with Gasteiger partial charge in [0.05, 0.1) is 11.2 Å². The minimum absolute atomic E-state index is 0.510. The van der Waals surface area contributed by atoms with Crippen LogP contribution in [0.25, 0.3) is 22.2 Å². The Balaban J connectivity index is 2.23. The molecule has 0 bridgehead atoms. The second-order valence-corrected chi connectivity index (χ2v) is 4.10. The molecule has 2 heterocycles. The van der Waals surface area contributed by atoms with E-state index in [1.807, 2.05) is 43.3 Å². The Morgan fingerprint density at radius 1 is 1.06 bits per heavy atom. The number of rotatable bonds is 1. The summed E-state index contributed by atoms with van der Waals surface area (Å²) in [5, 5.41) is 0.865. The quantitative estimate of drug-likeness (QED) is 0.705. The van der Waals surface area contributed by atoms with E-state index in [1.54, 1.807) is 6.20 Å². The zero-order chi connectivity index (χ0) is 12.5. The molecule has 0 amide bonds. The summed E-state index contributed by atoms with van der Waals surface area (Å²) >= 11 is 0. The van der Waals surface area contributed by atoms with Gasteiger partial charge in [0.2, 0.25) is 0 Å². The molecular formula is C14H12N4. The van der Waals surface area contributed by atoms with Crippen molar-refractivity contribution in [3.8, 4) is 11.3 Å². The van der Waals surface area contributed by atoms with Gasteiger partial charge in [0.25, 0.3) is 0 Å². The van der Waals surface area contributed by atoms with Gasteiger partial charge in [-0.05, 0) is 31.2 Å². The molecule has 18 heavy (non-hydrogen) atoms. The summed E-state index contributed by atoms with van der Waals surface area (Å²) in [5.74, 6) is 1.20.